The SMILES string of the molecule is N#Cc1cc(F)c(OC(F)(F)F)nc1Br. The number of ether oxygens (including phenoxy) is 1. The molecule has 0 aliphatic heterocycles. The highest BCUT2D eigenvalue weighted by atomic mass is 79.9. The van der Waals surface area contributed by atoms with E-state index in [0.717, 1.165) is 0 Å². The molecular weight excluding hydrogens is 284 g/mol. The van der Waals surface area contributed by atoms with Crippen LogP contribution in [-0.4, -0.2) is 11.3 Å². The number of nitriles is 1. The molecule has 0 spiro atoms. The molecule has 1 rings (SSSR count). The van der Waals surface area contributed by atoms with E-state index < -0.39 is 18.1 Å². The minimum absolute atomic E-state index is 0.217. The maximum Gasteiger partial charge on any atom is 0.574 e. The Labute approximate surface area is 89.4 Å². The molecule has 0 atom stereocenters. The summed E-state index contributed by atoms with van der Waals surface area (Å²) in [5, 5.41) is 8.42. The fourth-order valence-corrected chi connectivity index (χ4v) is 1.07. The first-order valence-corrected chi connectivity index (χ1v) is 4.14. The normalized spacial score (nSPS) is 10.9. The molecule has 1 aromatic heterocycles. The Morgan fingerprint density at radius 1 is 1.47 bits per heavy atom. The first kappa shape index (κ1) is 11.7. The van der Waals surface area contributed by atoms with E-state index in [9.17, 15) is 17.6 Å². The molecule has 0 radical (unpaired) electrons. The number of pyridine rings is 1. The van der Waals surface area contributed by atoms with Crippen molar-refractivity contribution in [1.82, 2.24) is 4.98 Å². The quantitative estimate of drug-likeness (QED) is 0.588. The van der Waals surface area contributed by atoms with E-state index in [1.807, 2.05) is 0 Å². The van der Waals surface area contributed by atoms with Gasteiger partial charge in [0.05, 0.1) is 5.56 Å². The fourth-order valence-electron chi connectivity index (χ4n) is 0.710. The summed E-state index contributed by atoms with van der Waals surface area (Å²) in [5.41, 5.74) is -0.220. The molecule has 8 heteroatoms. The lowest BCUT2D eigenvalue weighted by Crippen LogP contribution is -2.19. The van der Waals surface area contributed by atoms with Crippen molar-refractivity contribution in [3.63, 3.8) is 0 Å². The summed E-state index contributed by atoms with van der Waals surface area (Å²) >= 11 is 2.70. The van der Waals surface area contributed by atoms with Crippen LogP contribution in [0.25, 0.3) is 0 Å². The van der Waals surface area contributed by atoms with E-state index in [0.29, 0.717) is 6.07 Å². The van der Waals surface area contributed by atoms with Crippen LogP contribution in [0.5, 0.6) is 5.88 Å². The molecule has 1 aromatic rings. The van der Waals surface area contributed by atoms with Gasteiger partial charge in [-0.15, -0.1) is 13.2 Å². The molecule has 0 bridgehead atoms. The lowest BCUT2D eigenvalue weighted by Gasteiger charge is -2.08. The molecule has 3 nitrogen and oxygen atoms in total. The molecular formula is C7HBrF4N2O. The van der Waals surface area contributed by atoms with Crippen molar-refractivity contribution in [3.8, 4) is 11.9 Å². The molecule has 15 heavy (non-hydrogen) atoms. The average Bonchev–Trinajstić information content (AvgIpc) is 2.08. The highest BCUT2D eigenvalue weighted by Crippen LogP contribution is 2.26. The lowest BCUT2D eigenvalue weighted by molar-refractivity contribution is -0.277. The van der Waals surface area contributed by atoms with Gasteiger partial charge in [-0.3, -0.25) is 0 Å². The zero-order valence-electron chi connectivity index (χ0n) is 6.77. The molecule has 0 aliphatic rings. The maximum absolute atomic E-state index is 12.9. The van der Waals surface area contributed by atoms with Gasteiger partial charge in [-0.2, -0.15) is 5.26 Å². The highest BCUT2D eigenvalue weighted by molar-refractivity contribution is 9.10. The van der Waals surface area contributed by atoms with Crippen molar-refractivity contribution in [2.45, 2.75) is 6.36 Å². The van der Waals surface area contributed by atoms with Gasteiger partial charge in [0.1, 0.15) is 10.7 Å². The topological polar surface area (TPSA) is 45.9 Å². The highest BCUT2D eigenvalue weighted by Gasteiger charge is 2.33. The Bertz CT molecular complexity index is 426. The Morgan fingerprint density at radius 2 is 2.07 bits per heavy atom. The van der Waals surface area contributed by atoms with Crippen LogP contribution in [-0.2, 0) is 0 Å². The third-order valence-electron chi connectivity index (χ3n) is 1.23. The zero-order valence-corrected chi connectivity index (χ0v) is 8.36. The largest absolute Gasteiger partial charge is 0.574 e. The monoisotopic (exact) mass is 284 g/mol. The van der Waals surface area contributed by atoms with Gasteiger partial charge in [0.2, 0.25) is 0 Å². The van der Waals surface area contributed by atoms with Crippen molar-refractivity contribution >= 4 is 15.9 Å². The Balaban J connectivity index is 3.13. The summed E-state index contributed by atoms with van der Waals surface area (Å²) in [6, 6.07) is 2.14. The lowest BCUT2D eigenvalue weighted by atomic mass is 10.3. The molecule has 0 saturated carbocycles. The van der Waals surface area contributed by atoms with E-state index in [-0.39, 0.29) is 10.2 Å². The van der Waals surface area contributed by atoms with Gasteiger partial charge in [-0.05, 0) is 22.0 Å². The summed E-state index contributed by atoms with van der Waals surface area (Å²) in [6.07, 6.45) is -5.03. The molecule has 0 saturated heterocycles. The van der Waals surface area contributed by atoms with Gasteiger partial charge in [-0.1, -0.05) is 0 Å². The van der Waals surface area contributed by atoms with Crippen LogP contribution in [0.4, 0.5) is 17.6 Å². The van der Waals surface area contributed by atoms with Crippen LogP contribution in [0.1, 0.15) is 5.56 Å². The molecule has 0 fully saturated rings. The van der Waals surface area contributed by atoms with Crippen LogP contribution < -0.4 is 4.74 Å². The fraction of sp³-hybridized carbons (Fsp3) is 0.143. The summed E-state index contributed by atoms with van der Waals surface area (Å²) in [6.45, 7) is 0. The van der Waals surface area contributed by atoms with Crippen molar-refractivity contribution < 1.29 is 22.3 Å². The smallest absolute Gasteiger partial charge is 0.385 e. The minimum Gasteiger partial charge on any atom is -0.385 e. The first-order chi connectivity index (χ1) is 6.83. The standard InChI is InChI=1S/C7HBrF4N2O/c8-5-3(2-13)1-4(9)6(14-5)15-7(10,11)12/h1H. The van der Waals surface area contributed by atoms with Crippen LogP contribution in [0.15, 0.2) is 10.7 Å². The molecule has 80 valence electrons. The van der Waals surface area contributed by atoms with Gasteiger partial charge in [0, 0.05) is 0 Å². The van der Waals surface area contributed by atoms with Gasteiger partial charge < -0.3 is 4.74 Å². The second-order valence-corrected chi connectivity index (χ2v) is 3.02. The van der Waals surface area contributed by atoms with Crippen LogP contribution >= 0.6 is 15.9 Å². The second-order valence-electron chi connectivity index (χ2n) is 2.27. The van der Waals surface area contributed by atoms with E-state index in [1.54, 1.807) is 0 Å². The molecule has 0 aliphatic carbocycles. The van der Waals surface area contributed by atoms with Gasteiger partial charge in [-0.25, -0.2) is 9.37 Å². The Hall–Kier alpha value is -1.36. The summed E-state index contributed by atoms with van der Waals surface area (Å²) in [4.78, 5) is 3.11. The number of hydrogen-bond acceptors (Lipinski definition) is 3. The summed E-state index contributed by atoms with van der Waals surface area (Å²) in [5.74, 6) is -2.58. The number of nitrogens with zero attached hydrogens (tertiary/aromatic N) is 2. The third kappa shape index (κ3) is 3.06. The molecule has 0 aromatic carbocycles. The van der Waals surface area contributed by atoms with E-state index in [4.69, 9.17) is 5.26 Å². The Kier molecular flexibility index (Phi) is 3.14. The number of hydrogen-bond donors (Lipinski definition) is 0. The van der Waals surface area contributed by atoms with Gasteiger partial charge in [0.25, 0.3) is 5.88 Å². The van der Waals surface area contributed by atoms with Crippen molar-refractivity contribution in [2.75, 3.05) is 0 Å². The van der Waals surface area contributed by atoms with Crippen LogP contribution in [0.3, 0.4) is 0 Å². The number of halogens is 5. The summed E-state index contributed by atoms with van der Waals surface area (Å²) < 4.78 is 51.1. The van der Waals surface area contributed by atoms with Crippen LogP contribution in [0.2, 0.25) is 0 Å². The Morgan fingerprint density at radius 3 is 2.53 bits per heavy atom. The van der Waals surface area contributed by atoms with E-state index >= 15 is 0 Å². The number of alkyl halides is 3. The summed E-state index contributed by atoms with van der Waals surface area (Å²) in [7, 11) is 0. The number of aromatic nitrogens is 1. The van der Waals surface area contributed by atoms with Gasteiger partial charge >= 0.3 is 6.36 Å². The molecule has 0 unspecified atom stereocenters. The van der Waals surface area contributed by atoms with Crippen molar-refractivity contribution in [2.24, 2.45) is 0 Å². The predicted octanol–water partition coefficient (Wildman–Crippen LogP) is 2.75. The first-order valence-electron chi connectivity index (χ1n) is 3.35. The van der Waals surface area contributed by atoms with E-state index in [1.165, 1.54) is 6.07 Å². The third-order valence-corrected chi connectivity index (χ3v) is 1.83. The van der Waals surface area contributed by atoms with Crippen molar-refractivity contribution in [3.05, 3.63) is 22.1 Å². The average molecular weight is 285 g/mol. The van der Waals surface area contributed by atoms with Crippen molar-refractivity contribution in [1.29, 1.82) is 5.26 Å². The molecule has 0 amide bonds. The minimum atomic E-state index is -5.03. The predicted molar refractivity (Wildman–Crippen MR) is 43.3 cm³/mol. The second kappa shape index (κ2) is 4.02. The molecule has 0 N–H and O–H groups in total. The zero-order chi connectivity index (χ0) is 11.6. The van der Waals surface area contributed by atoms with E-state index in [2.05, 4.69) is 25.7 Å². The number of rotatable bonds is 1. The maximum atomic E-state index is 12.9. The molecule has 1 heterocycles. The van der Waals surface area contributed by atoms with Gasteiger partial charge in [0.15, 0.2) is 5.82 Å². The van der Waals surface area contributed by atoms with Crippen LogP contribution in [0, 0.1) is 17.1 Å².